The van der Waals surface area contributed by atoms with Gasteiger partial charge < -0.3 is 40.2 Å². The fourth-order valence-electron chi connectivity index (χ4n) is 4.84. The number of nitrogens with one attached hydrogen (secondary N) is 2. The molecule has 0 radical (unpaired) electrons. The maximum absolute atomic E-state index is 13.9. The van der Waals surface area contributed by atoms with E-state index in [0.29, 0.717) is 24.9 Å². The van der Waals surface area contributed by atoms with E-state index in [0.717, 1.165) is 18.9 Å². The van der Waals surface area contributed by atoms with Gasteiger partial charge in [0, 0.05) is 18.7 Å². The van der Waals surface area contributed by atoms with Crippen molar-refractivity contribution in [1.29, 1.82) is 0 Å². The lowest BCUT2D eigenvalue weighted by molar-refractivity contribution is 0.0282. The molecule has 244 valence electrons. The highest BCUT2D eigenvalue weighted by Crippen LogP contribution is 2.36. The van der Waals surface area contributed by atoms with E-state index in [1.54, 1.807) is 0 Å². The van der Waals surface area contributed by atoms with Crippen LogP contribution in [0.5, 0.6) is 23.0 Å². The summed E-state index contributed by atoms with van der Waals surface area (Å²) in [6.07, 6.45) is 2.00. The van der Waals surface area contributed by atoms with Crippen molar-refractivity contribution in [2.24, 2.45) is 0 Å². The lowest BCUT2D eigenvalue weighted by Gasteiger charge is -2.21. The first-order valence-corrected chi connectivity index (χ1v) is 15.2. The lowest BCUT2D eigenvalue weighted by atomic mass is 9.95. The largest absolute Gasteiger partial charge is 0.508 e. The molecule has 3 aromatic rings. The number of carbonyl (C=O) groups is 4. The molecule has 4 rings (SSSR count). The van der Waals surface area contributed by atoms with Crippen molar-refractivity contribution in [3.8, 4) is 23.0 Å². The maximum atomic E-state index is 13.9. The van der Waals surface area contributed by atoms with Crippen LogP contribution in [-0.4, -0.2) is 77.4 Å². The highest BCUT2D eigenvalue weighted by molar-refractivity contribution is 6.18. The molecule has 0 aromatic heterocycles. The van der Waals surface area contributed by atoms with Crippen molar-refractivity contribution >= 4 is 23.6 Å². The van der Waals surface area contributed by atoms with E-state index in [-0.39, 0.29) is 53.5 Å². The average Bonchev–Trinajstić information content (AvgIpc) is 3.46. The third-order valence-corrected chi connectivity index (χ3v) is 7.38. The molecule has 2 atom stereocenters. The number of phenolic OH excluding ortho intramolecular Hbond substituents is 3. The standard InChI is InChI=1S/C34H38N2O10/c1-3-5-14-44-27-17-21(33(42)46-28-19-35-18-24(28)36-32(41)20-10-12-22(37)13-11-20)16-26(39)30(27)31(40)29-23(8-7-9-25(29)38)34(43)45-15-6-4-2/h7-13,16-17,24,28,35,37-39H,3-6,14-15,18-19H2,1-2H3,(H,36,41)/t24-,28-/m1/s1. The van der Waals surface area contributed by atoms with Gasteiger partial charge in [0.25, 0.3) is 5.91 Å². The second-order valence-corrected chi connectivity index (χ2v) is 10.8. The molecule has 46 heavy (non-hydrogen) atoms. The van der Waals surface area contributed by atoms with Crippen molar-refractivity contribution in [2.45, 2.75) is 51.7 Å². The Kier molecular flexibility index (Phi) is 11.6. The maximum Gasteiger partial charge on any atom is 0.339 e. The van der Waals surface area contributed by atoms with Crippen LogP contribution in [0.3, 0.4) is 0 Å². The average molecular weight is 635 g/mol. The van der Waals surface area contributed by atoms with Gasteiger partial charge in [0.1, 0.15) is 34.7 Å². The van der Waals surface area contributed by atoms with E-state index in [1.807, 2.05) is 13.8 Å². The first-order valence-electron chi connectivity index (χ1n) is 15.2. The quantitative estimate of drug-likeness (QED) is 0.0979. The molecular weight excluding hydrogens is 596 g/mol. The zero-order valence-corrected chi connectivity index (χ0v) is 25.7. The Bertz CT molecular complexity index is 1570. The summed E-state index contributed by atoms with van der Waals surface area (Å²) in [5.41, 5.74) is -0.710. The van der Waals surface area contributed by atoms with Crippen LogP contribution in [0.15, 0.2) is 54.6 Å². The van der Waals surface area contributed by atoms with Gasteiger partial charge in [0.15, 0.2) is 0 Å². The van der Waals surface area contributed by atoms with Gasteiger partial charge in [0.2, 0.25) is 5.78 Å². The minimum absolute atomic E-state index is 0.0193. The fourth-order valence-corrected chi connectivity index (χ4v) is 4.84. The topological polar surface area (TPSA) is 181 Å². The van der Waals surface area contributed by atoms with Crippen LogP contribution in [0.1, 0.15) is 86.5 Å². The number of ether oxygens (including phenoxy) is 3. The van der Waals surface area contributed by atoms with Crippen molar-refractivity contribution in [2.75, 3.05) is 26.3 Å². The number of hydrogen-bond acceptors (Lipinski definition) is 11. The molecular formula is C34H38N2O10. The first kappa shape index (κ1) is 33.8. The molecule has 0 saturated carbocycles. The van der Waals surface area contributed by atoms with Crippen LogP contribution in [-0.2, 0) is 9.47 Å². The summed E-state index contributed by atoms with van der Waals surface area (Å²) in [6.45, 7) is 4.73. The van der Waals surface area contributed by atoms with Gasteiger partial charge in [-0.15, -0.1) is 0 Å². The Morgan fingerprint density at radius 3 is 2.26 bits per heavy atom. The highest BCUT2D eigenvalue weighted by Gasteiger charge is 2.34. The number of esters is 2. The summed E-state index contributed by atoms with van der Waals surface area (Å²) in [6, 6.07) is 11.4. The van der Waals surface area contributed by atoms with E-state index < -0.39 is 47.3 Å². The number of benzene rings is 3. The van der Waals surface area contributed by atoms with Gasteiger partial charge in [-0.05, 0) is 61.4 Å². The van der Waals surface area contributed by atoms with Crippen LogP contribution in [0.2, 0.25) is 0 Å². The minimum atomic E-state index is -0.901. The van der Waals surface area contributed by atoms with E-state index in [9.17, 15) is 34.5 Å². The number of unbranched alkanes of at least 4 members (excludes halogenated alkanes) is 2. The summed E-state index contributed by atoms with van der Waals surface area (Å²) in [5, 5.41) is 37.1. The second kappa shape index (κ2) is 15.8. The van der Waals surface area contributed by atoms with Crippen molar-refractivity contribution in [3.05, 3.63) is 82.4 Å². The Morgan fingerprint density at radius 2 is 1.54 bits per heavy atom. The Labute approximate surface area is 266 Å². The first-order chi connectivity index (χ1) is 22.1. The predicted octanol–water partition coefficient (Wildman–Crippen LogP) is 4.10. The molecule has 1 aliphatic heterocycles. The van der Waals surface area contributed by atoms with Gasteiger partial charge in [-0.2, -0.15) is 0 Å². The molecule has 3 aromatic carbocycles. The molecule has 1 aliphatic rings. The smallest absolute Gasteiger partial charge is 0.339 e. The van der Waals surface area contributed by atoms with Gasteiger partial charge >= 0.3 is 11.9 Å². The number of hydrogen-bond donors (Lipinski definition) is 5. The molecule has 0 unspecified atom stereocenters. The SMILES string of the molecule is CCCCOC(=O)c1cccc(O)c1C(=O)c1c(O)cc(C(=O)O[C@@H]2CNC[C@H]2NC(=O)c2ccc(O)cc2)cc1OCCCC. The zero-order valence-electron chi connectivity index (χ0n) is 25.7. The molecule has 1 amide bonds. The molecule has 1 fully saturated rings. The van der Waals surface area contributed by atoms with Crippen molar-refractivity contribution < 1.29 is 48.7 Å². The fraction of sp³-hybridized carbons (Fsp3) is 0.353. The third kappa shape index (κ3) is 8.13. The number of carbonyl (C=O) groups excluding carboxylic acids is 4. The Hall–Kier alpha value is -5.10. The summed E-state index contributed by atoms with van der Waals surface area (Å²) < 4.78 is 16.8. The molecule has 5 N–H and O–H groups in total. The van der Waals surface area contributed by atoms with Crippen LogP contribution in [0.25, 0.3) is 0 Å². The number of ketones is 1. The van der Waals surface area contributed by atoms with Crippen LogP contribution in [0, 0.1) is 0 Å². The molecule has 1 saturated heterocycles. The van der Waals surface area contributed by atoms with E-state index >= 15 is 0 Å². The normalized spacial score (nSPS) is 15.6. The summed E-state index contributed by atoms with van der Waals surface area (Å²) in [4.78, 5) is 52.7. The number of aromatic hydroxyl groups is 3. The van der Waals surface area contributed by atoms with E-state index in [2.05, 4.69) is 10.6 Å². The summed E-state index contributed by atoms with van der Waals surface area (Å²) in [7, 11) is 0. The molecule has 1 heterocycles. The summed E-state index contributed by atoms with van der Waals surface area (Å²) in [5.74, 6) is -4.20. The number of rotatable bonds is 14. The van der Waals surface area contributed by atoms with E-state index in [1.165, 1.54) is 48.5 Å². The molecule has 0 spiro atoms. The van der Waals surface area contributed by atoms with Crippen LogP contribution < -0.4 is 15.4 Å². The van der Waals surface area contributed by atoms with Crippen molar-refractivity contribution in [1.82, 2.24) is 10.6 Å². The number of phenols is 3. The molecule has 12 nitrogen and oxygen atoms in total. The zero-order chi connectivity index (χ0) is 33.2. The molecule has 0 bridgehead atoms. The number of amides is 1. The van der Waals surface area contributed by atoms with Crippen LogP contribution >= 0.6 is 0 Å². The van der Waals surface area contributed by atoms with E-state index in [4.69, 9.17) is 14.2 Å². The second-order valence-electron chi connectivity index (χ2n) is 10.8. The van der Waals surface area contributed by atoms with Gasteiger partial charge in [-0.3, -0.25) is 9.59 Å². The Balaban J connectivity index is 1.59. The van der Waals surface area contributed by atoms with Gasteiger partial charge in [-0.1, -0.05) is 32.8 Å². The molecule has 0 aliphatic carbocycles. The monoisotopic (exact) mass is 634 g/mol. The van der Waals surface area contributed by atoms with Crippen LogP contribution in [0.4, 0.5) is 0 Å². The Morgan fingerprint density at radius 1 is 0.826 bits per heavy atom. The lowest BCUT2D eigenvalue weighted by Crippen LogP contribution is -2.44. The third-order valence-electron chi connectivity index (χ3n) is 7.38. The minimum Gasteiger partial charge on any atom is -0.508 e. The summed E-state index contributed by atoms with van der Waals surface area (Å²) >= 11 is 0. The van der Waals surface area contributed by atoms with Crippen molar-refractivity contribution in [3.63, 3.8) is 0 Å². The highest BCUT2D eigenvalue weighted by atomic mass is 16.5. The van der Waals surface area contributed by atoms with Gasteiger partial charge in [-0.25, -0.2) is 9.59 Å². The van der Waals surface area contributed by atoms with Gasteiger partial charge in [0.05, 0.1) is 35.9 Å². The predicted molar refractivity (Wildman–Crippen MR) is 167 cm³/mol. The molecule has 12 heteroatoms.